The van der Waals surface area contributed by atoms with Gasteiger partial charge < -0.3 is 5.11 Å². The van der Waals surface area contributed by atoms with Crippen LogP contribution in [-0.4, -0.2) is 19.5 Å². The Kier molecular flexibility index (Phi) is 5.63. The lowest BCUT2D eigenvalue weighted by molar-refractivity contribution is 0.0697. The summed E-state index contributed by atoms with van der Waals surface area (Å²) in [6.45, 7) is 0. The maximum atomic E-state index is 14.6. The van der Waals surface area contributed by atoms with Crippen LogP contribution in [0.15, 0.2) is 89.8 Å². The van der Waals surface area contributed by atoms with Crippen LogP contribution in [0.3, 0.4) is 0 Å². The summed E-state index contributed by atoms with van der Waals surface area (Å²) in [5.41, 5.74) is 0.514. The van der Waals surface area contributed by atoms with Crippen LogP contribution in [-0.2, 0) is 10.0 Å². The van der Waals surface area contributed by atoms with E-state index in [0.29, 0.717) is 5.56 Å². The van der Waals surface area contributed by atoms with Gasteiger partial charge in [0.25, 0.3) is 10.0 Å². The maximum absolute atomic E-state index is 14.6. The van der Waals surface area contributed by atoms with Crippen molar-refractivity contribution < 1.29 is 22.7 Å². The van der Waals surface area contributed by atoms with Crippen LogP contribution in [0.4, 0.5) is 10.1 Å². The van der Waals surface area contributed by atoms with Gasteiger partial charge in [-0.25, -0.2) is 17.6 Å². The Morgan fingerprint density at radius 1 is 0.844 bits per heavy atom. The predicted molar refractivity (Wildman–Crippen MR) is 121 cm³/mol. The summed E-state index contributed by atoms with van der Waals surface area (Å²) in [7, 11) is -4.07. The zero-order chi connectivity index (χ0) is 22.7. The average Bonchev–Trinajstić information content (AvgIpc) is 2.79. The Morgan fingerprint density at radius 2 is 1.56 bits per heavy atom. The molecule has 0 aliphatic carbocycles. The first-order chi connectivity index (χ1) is 15.3. The molecule has 4 aromatic rings. The van der Waals surface area contributed by atoms with Crippen molar-refractivity contribution in [2.45, 2.75) is 4.90 Å². The van der Waals surface area contributed by atoms with Crippen molar-refractivity contribution in [3.05, 3.63) is 107 Å². The van der Waals surface area contributed by atoms with Gasteiger partial charge >= 0.3 is 5.97 Å². The molecule has 0 saturated carbocycles. The van der Waals surface area contributed by atoms with Gasteiger partial charge in [-0.15, -0.1) is 0 Å². The molecule has 5 nitrogen and oxygen atoms in total. The Labute approximate surface area is 184 Å². The minimum atomic E-state index is -4.07. The molecule has 4 aromatic carbocycles. The van der Waals surface area contributed by atoms with Gasteiger partial charge in [0.05, 0.1) is 16.0 Å². The molecule has 2 N–H and O–H groups in total. The van der Waals surface area contributed by atoms with Crippen molar-refractivity contribution in [1.29, 1.82) is 0 Å². The monoisotopic (exact) mass is 445 g/mol. The van der Waals surface area contributed by atoms with Gasteiger partial charge in [0.1, 0.15) is 11.5 Å². The Hall–Kier alpha value is -4.15. The van der Waals surface area contributed by atoms with Crippen LogP contribution in [0.25, 0.3) is 10.8 Å². The molecule has 0 amide bonds. The SMILES string of the molecule is O=C(O)c1ccc(C#Cc2cccc(F)c2NS(=O)(=O)c2ccc3ccccc3c2)cc1. The third-order valence-electron chi connectivity index (χ3n) is 4.75. The van der Waals surface area contributed by atoms with E-state index in [1.807, 2.05) is 12.1 Å². The summed E-state index contributed by atoms with van der Waals surface area (Å²) < 4.78 is 42.8. The number of halogens is 1. The summed E-state index contributed by atoms with van der Waals surface area (Å²) >= 11 is 0. The van der Waals surface area contributed by atoms with E-state index in [0.717, 1.165) is 16.8 Å². The van der Waals surface area contributed by atoms with E-state index in [2.05, 4.69) is 16.6 Å². The van der Waals surface area contributed by atoms with Gasteiger partial charge in [0.2, 0.25) is 0 Å². The highest BCUT2D eigenvalue weighted by Crippen LogP contribution is 2.25. The molecule has 0 heterocycles. The van der Waals surface area contributed by atoms with Gasteiger partial charge in [-0.1, -0.05) is 48.2 Å². The molecule has 0 spiro atoms. The van der Waals surface area contributed by atoms with Gasteiger partial charge in [0, 0.05) is 5.56 Å². The number of fused-ring (bicyclic) bond motifs is 1. The normalized spacial score (nSPS) is 10.9. The second kappa shape index (κ2) is 8.53. The van der Waals surface area contributed by atoms with E-state index in [9.17, 15) is 17.6 Å². The molecule has 4 rings (SSSR count). The first kappa shape index (κ1) is 21.1. The van der Waals surface area contributed by atoms with Crippen molar-refractivity contribution in [3.63, 3.8) is 0 Å². The van der Waals surface area contributed by atoms with Gasteiger partial charge in [-0.2, -0.15) is 0 Å². The van der Waals surface area contributed by atoms with Crippen LogP contribution in [0, 0.1) is 17.7 Å². The summed E-state index contributed by atoms with van der Waals surface area (Å²) in [4.78, 5) is 11.0. The number of hydrogen-bond acceptors (Lipinski definition) is 3. The molecule has 158 valence electrons. The minimum Gasteiger partial charge on any atom is -0.478 e. The molecule has 0 radical (unpaired) electrons. The zero-order valence-corrected chi connectivity index (χ0v) is 17.4. The molecular weight excluding hydrogens is 429 g/mol. The first-order valence-electron chi connectivity index (χ1n) is 9.49. The molecule has 32 heavy (non-hydrogen) atoms. The van der Waals surface area contributed by atoms with Crippen molar-refractivity contribution in [3.8, 4) is 11.8 Å². The number of sulfonamides is 1. The number of rotatable bonds is 4. The van der Waals surface area contributed by atoms with E-state index >= 15 is 0 Å². The molecule has 0 aliphatic rings. The highest BCUT2D eigenvalue weighted by Gasteiger charge is 2.19. The lowest BCUT2D eigenvalue weighted by atomic mass is 10.1. The highest BCUT2D eigenvalue weighted by molar-refractivity contribution is 7.92. The second-order valence-electron chi connectivity index (χ2n) is 6.91. The maximum Gasteiger partial charge on any atom is 0.335 e. The van der Waals surface area contributed by atoms with Crippen LogP contribution in [0.1, 0.15) is 21.5 Å². The molecule has 0 unspecified atom stereocenters. The highest BCUT2D eigenvalue weighted by atomic mass is 32.2. The van der Waals surface area contributed by atoms with Crippen molar-refractivity contribution in [2.75, 3.05) is 4.72 Å². The number of carbonyl (C=O) groups is 1. The third-order valence-corrected chi connectivity index (χ3v) is 6.10. The standard InChI is InChI=1S/C25H16FNO4S/c26-23-7-3-6-19(11-8-17-9-12-20(13-10-17)25(28)29)24(23)27-32(30,31)22-15-14-18-4-1-2-5-21(18)16-22/h1-7,9-10,12-16,27H,(H,28,29). The molecule has 7 heteroatoms. The molecule has 0 aromatic heterocycles. The Bertz CT molecular complexity index is 1500. The number of carboxylic acids is 1. The van der Waals surface area contributed by atoms with Crippen molar-refractivity contribution in [1.82, 2.24) is 0 Å². The van der Waals surface area contributed by atoms with Gasteiger partial charge in [0.15, 0.2) is 0 Å². The second-order valence-corrected chi connectivity index (χ2v) is 8.59. The lowest BCUT2D eigenvalue weighted by Gasteiger charge is -2.11. The summed E-state index contributed by atoms with van der Waals surface area (Å²) in [5, 5.41) is 10.6. The Morgan fingerprint density at radius 3 is 2.28 bits per heavy atom. The van der Waals surface area contributed by atoms with E-state index < -0.39 is 21.8 Å². The van der Waals surface area contributed by atoms with E-state index in [1.54, 1.807) is 18.2 Å². The fourth-order valence-corrected chi connectivity index (χ4v) is 4.22. The van der Waals surface area contributed by atoms with Crippen molar-refractivity contribution >= 4 is 32.5 Å². The summed E-state index contributed by atoms with van der Waals surface area (Å²) in [6.07, 6.45) is 0. The fourth-order valence-electron chi connectivity index (χ4n) is 3.10. The first-order valence-corrected chi connectivity index (χ1v) is 11.0. The van der Waals surface area contributed by atoms with Crippen LogP contribution >= 0.6 is 0 Å². The van der Waals surface area contributed by atoms with E-state index in [4.69, 9.17) is 5.11 Å². The topological polar surface area (TPSA) is 83.5 Å². The van der Waals surface area contributed by atoms with Crippen molar-refractivity contribution in [2.24, 2.45) is 0 Å². The molecular formula is C25H16FNO4S. The smallest absolute Gasteiger partial charge is 0.335 e. The Balaban J connectivity index is 1.68. The summed E-state index contributed by atoms with van der Waals surface area (Å²) in [5.74, 6) is 3.74. The predicted octanol–water partition coefficient (Wildman–Crippen LogP) is 4.88. The minimum absolute atomic E-state index is 0.00243. The molecule has 0 saturated heterocycles. The van der Waals surface area contributed by atoms with Gasteiger partial charge in [-0.05, 0) is 59.3 Å². The third kappa shape index (κ3) is 4.46. The average molecular weight is 445 g/mol. The molecule has 0 atom stereocenters. The number of carboxylic acid groups (broad SMARTS) is 1. The number of aromatic carboxylic acids is 1. The van der Waals surface area contributed by atoms with Gasteiger partial charge in [-0.3, -0.25) is 4.72 Å². The van der Waals surface area contributed by atoms with Crippen LogP contribution in [0.2, 0.25) is 0 Å². The van der Waals surface area contributed by atoms with E-state index in [1.165, 1.54) is 48.5 Å². The fraction of sp³-hybridized carbons (Fsp3) is 0. The largest absolute Gasteiger partial charge is 0.478 e. The number of benzene rings is 4. The lowest BCUT2D eigenvalue weighted by Crippen LogP contribution is -2.15. The number of anilines is 1. The van der Waals surface area contributed by atoms with Crippen LogP contribution in [0.5, 0.6) is 0 Å². The number of para-hydroxylation sites is 1. The molecule has 0 aliphatic heterocycles. The molecule has 0 fully saturated rings. The number of nitrogens with one attached hydrogen (secondary N) is 1. The van der Waals surface area contributed by atoms with E-state index in [-0.39, 0.29) is 21.7 Å². The van der Waals surface area contributed by atoms with Crippen LogP contribution < -0.4 is 4.72 Å². The number of hydrogen-bond donors (Lipinski definition) is 2. The quantitative estimate of drug-likeness (QED) is 0.439. The molecule has 0 bridgehead atoms. The summed E-state index contributed by atoms with van der Waals surface area (Å²) in [6, 6.07) is 21.9. The zero-order valence-electron chi connectivity index (χ0n) is 16.5.